The number of hydrogen-bond donors (Lipinski definition) is 15. The van der Waals surface area contributed by atoms with Gasteiger partial charge in [-0.1, -0.05) is 72.8 Å². The zero-order chi connectivity index (χ0) is 51.0. The molecule has 0 heterocycles. The zero-order valence-electron chi connectivity index (χ0n) is 36.8. The van der Waals surface area contributed by atoms with E-state index in [-0.39, 0.29) is 25.0 Å². The van der Waals surface area contributed by atoms with Crippen molar-refractivity contribution in [3.05, 3.63) is 102 Å². The van der Waals surface area contributed by atoms with Gasteiger partial charge in [0.05, 0.1) is 39.3 Å². The standard InChI is InChI=1S/C44H55N9O16/c45-28(21-54)38(62)52-34(23-56)43(67)53-33(22-55)39(63)47-19-35(58)46-20-36(59)48-29(15-24-7-3-1-4-8-24)40(64)49-30(16-25-9-5-2-6-10-25)41(65)50-31(18-37(60)61)42(66)51-32(44(68)69)17-26-11-13-27(57)14-12-26/h1-14,28-34,54-57H,15-23,45H2,(H,46,58)(H,47,63)(H,48,59)(H,49,64)(H,50,65)(H,51,66)(H,52,62)(H,53,67)(H,60,61)(H,68,69)/t28-,29-,30-,31-,32-,33-,34-/m0/s1. The normalized spacial score (nSPS) is 13.8. The van der Waals surface area contributed by atoms with Crippen molar-refractivity contribution in [2.45, 2.75) is 68.0 Å². The Labute approximate surface area is 393 Å². The molecule has 0 radical (unpaired) electrons. The predicted molar refractivity (Wildman–Crippen MR) is 239 cm³/mol. The lowest BCUT2D eigenvalue weighted by atomic mass is 10.0. The number of amides is 8. The number of aliphatic hydroxyl groups is 3. The molecular formula is C44H55N9O16. The van der Waals surface area contributed by atoms with Crippen LogP contribution in [0.5, 0.6) is 5.75 Å². The third-order valence-corrected chi connectivity index (χ3v) is 9.89. The molecule has 0 aromatic heterocycles. The highest BCUT2D eigenvalue weighted by molar-refractivity contribution is 5.97. The van der Waals surface area contributed by atoms with Crippen molar-refractivity contribution in [1.82, 2.24) is 42.5 Å². The van der Waals surface area contributed by atoms with Crippen LogP contribution >= 0.6 is 0 Å². The van der Waals surface area contributed by atoms with E-state index in [2.05, 4.69) is 42.5 Å². The van der Waals surface area contributed by atoms with Crippen molar-refractivity contribution in [1.29, 1.82) is 0 Å². The Morgan fingerprint density at radius 3 is 1.35 bits per heavy atom. The van der Waals surface area contributed by atoms with Gasteiger partial charge in [-0.2, -0.15) is 0 Å². The molecule has 0 saturated carbocycles. The summed E-state index contributed by atoms with van der Waals surface area (Å²) in [5, 5.41) is 75.3. The van der Waals surface area contributed by atoms with Crippen molar-refractivity contribution in [2.24, 2.45) is 5.73 Å². The van der Waals surface area contributed by atoms with Crippen molar-refractivity contribution in [3.63, 3.8) is 0 Å². The fraction of sp³-hybridized carbons (Fsp3) is 0.364. The second-order valence-electron chi connectivity index (χ2n) is 15.3. The topological polar surface area (TPSA) is 414 Å². The Morgan fingerprint density at radius 2 is 0.841 bits per heavy atom. The van der Waals surface area contributed by atoms with Gasteiger partial charge in [-0.15, -0.1) is 0 Å². The number of phenolic OH excluding ortho intramolecular Hbond substituents is 1. The molecule has 0 spiro atoms. The summed E-state index contributed by atoms with van der Waals surface area (Å²) in [5.74, 6) is -11.3. The molecule has 0 aliphatic carbocycles. The molecule has 8 amide bonds. The first-order valence-corrected chi connectivity index (χ1v) is 21.1. The highest BCUT2D eigenvalue weighted by Gasteiger charge is 2.33. The zero-order valence-corrected chi connectivity index (χ0v) is 36.8. The number of carboxylic acids is 2. The van der Waals surface area contributed by atoms with Crippen LogP contribution in [0.4, 0.5) is 0 Å². The van der Waals surface area contributed by atoms with Gasteiger partial charge in [0.25, 0.3) is 0 Å². The van der Waals surface area contributed by atoms with E-state index in [1.54, 1.807) is 60.7 Å². The first-order valence-electron chi connectivity index (χ1n) is 21.1. The minimum Gasteiger partial charge on any atom is -0.508 e. The number of aliphatic hydroxyl groups excluding tert-OH is 3. The van der Waals surface area contributed by atoms with E-state index in [0.29, 0.717) is 16.7 Å². The predicted octanol–water partition coefficient (Wildman–Crippen LogP) is -5.58. The number of aliphatic carboxylic acids is 2. The van der Waals surface area contributed by atoms with Gasteiger partial charge in [0, 0.05) is 19.3 Å². The van der Waals surface area contributed by atoms with Gasteiger partial charge in [-0.05, 0) is 28.8 Å². The van der Waals surface area contributed by atoms with E-state index in [4.69, 9.17) is 10.8 Å². The lowest BCUT2D eigenvalue weighted by Crippen LogP contribution is -2.59. The number of hydrogen-bond acceptors (Lipinski definition) is 15. The summed E-state index contributed by atoms with van der Waals surface area (Å²) in [6.07, 6.45) is -1.65. The van der Waals surface area contributed by atoms with Gasteiger partial charge in [-0.25, -0.2) is 4.79 Å². The van der Waals surface area contributed by atoms with Crippen LogP contribution in [0.1, 0.15) is 23.1 Å². The maximum atomic E-state index is 14.0. The lowest BCUT2D eigenvalue weighted by molar-refractivity contribution is -0.143. The third-order valence-electron chi connectivity index (χ3n) is 9.89. The van der Waals surface area contributed by atoms with E-state index in [9.17, 15) is 73.5 Å². The van der Waals surface area contributed by atoms with Gasteiger partial charge in [0.1, 0.15) is 48.0 Å². The minimum absolute atomic E-state index is 0.0928. The maximum Gasteiger partial charge on any atom is 0.326 e. The van der Waals surface area contributed by atoms with Gasteiger partial charge >= 0.3 is 11.9 Å². The SMILES string of the molecule is N[C@@H](CO)C(=O)N[C@@H](CO)C(=O)N[C@@H](CO)C(=O)NCC(=O)NCC(=O)N[C@@H](Cc1ccccc1)C(=O)N[C@@H](Cc1ccccc1)C(=O)N[C@@H](CC(=O)O)C(=O)N[C@@H](Cc1ccc(O)cc1)C(=O)O. The molecule has 0 fully saturated rings. The molecule has 0 saturated heterocycles. The molecule has 0 unspecified atom stereocenters. The van der Waals surface area contributed by atoms with E-state index in [0.717, 1.165) is 0 Å². The van der Waals surface area contributed by atoms with E-state index < -0.39 is 141 Å². The van der Waals surface area contributed by atoms with Crippen LogP contribution in [0.2, 0.25) is 0 Å². The fourth-order valence-electron chi connectivity index (χ4n) is 6.19. The lowest BCUT2D eigenvalue weighted by Gasteiger charge is -2.26. The van der Waals surface area contributed by atoms with Crippen LogP contribution in [-0.2, 0) is 67.2 Å². The molecule has 7 atom stereocenters. The van der Waals surface area contributed by atoms with E-state index >= 15 is 0 Å². The summed E-state index contributed by atoms with van der Waals surface area (Å²) in [4.78, 5) is 128. The molecule has 25 nitrogen and oxygen atoms in total. The summed E-state index contributed by atoms with van der Waals surface area (Å²) in [6.45, 7) is -4.25. The molecule has 3 rings (SSSR count). The van der Waals surface area contributed by atoms with E-state index in [1.807, 2.05) is 0 Å². The number of carbonyl (C=O) groups excluding carboxylic acids is 8. The molecule has 372 valence electrons. The number of benzene rings is 3. The van der Waals surface area contributed by atoms with Crippen LogP contribution in [0.3, 0.4) is 0 Å². The number of carboxylic acid groups (broad SMARTS) is 2. The Morgan fingerprint density at radius 1 is 0.435 bits per heavy atom. The largest absolute Gasteiger partial charge is 0.508 e. The Bertz CT molecular complexity index is 2250. The van der Waals surface area contributed by atoms with Crippen LogP contribution in [0.25, 0.3) is 0 Å². The van der Waals surface area contributed by atoms with Crippen LogP contribution in [0.15, 0.2) is 84.9 Å². The molecule has 0 aliphatic heterocycles. The van der Waals surface area contributed by atoms with Crippen molar-refractivity contribution < 1.29 is 78.6 Å². The molecule has 25 heteroatoms. The summed E-state index contributed by atoms with van der Waals surface area (Å²) >= 11 is 0. The monoisotopic (exact) mass is 965 g/mol. The second-order valence-corrected chi connectivity index (χ2v) is 15.3. The summed E-state index contributed by atoms with van der Waals surface area (Å²) < 4.78 is 0. The number of carbonyl (C=O) groups is 10. The number of nitrogens with one attached hydrogen (secondary N) is 8. The third kappa shape index (κ3) is 19.4. The van der Waals surface area contributed by atoms with Crippen molar-refractivity contribution >= 4 is 59.2 Å². The Hall–Kier alpha value is -8.00. The van der Waals surface area contributed by atoms with Crippen LogP contribution < -0.4 is 48.3 Å². The number of rotatable bonds is 28. The fourth-order valence-corrected chi connectivity index (χ4v) is 6.19. The molecule has 3 aromatic rings. The Kier molecular flexibility index (Phi) is 22.6. The first kappa shape index (κ1) is 55.3. The van der Waals surface area contributed by atoms with Crippen molar-refractivity contribution in [2.75, 3.05) is 32.9 Å². The quantitative estimate of drug-likeness (QED) is 0.0323. The molecular weight excluding hydrogens is 911 g/mol. The average molecular weight is 966 g/mol. The highest BCUT2D eigenvalue weighted by atomic mass is 16.4. The smallest absolute Gasteiger partial charge is 0.326 e. The highest BCUT2D eigenvalue weighted by Crippen LogP contribution is 2.13. The summed E-state index contributed by atoms with van der Waals surface area (Å²) in [7, 11) is 0. The molecule has 16 N–H and O–H groups in total. The maximum absolute atomic E-state index is 14.0. The Balaban J connectivity index is 1.73. The number of nitrogens with two attached hydrogens (primary N) is 1. The van der Waals surface area contributed by atoms with E-state index in [1.165, 1.54) is 24.3 Å². The molecule has 0 aliphatic rings. The summed E-state index contributed by atoms with van der Waals surface area (Å²) in [5.41, 5.74) is 6.82. The number of aromatic hydroxyl groups is 1. The average Bonchev–Trinajstić information content (AvgIpc) is 3.33. The molecule has 69 heavy (non-hydrogen) atoms. The van der Waals surface area contributed by atoms with Gasteiger partial charge in [-0.3, -0.25) is 43.2 Å². The molecule has 3 aromatic carbocycles. The van der Waals surface area contributed by atoms with Gasteiger partial charge in [0.15, 0.2) is 0 Å². The first-order chi connectivity index (χ1) is 32.8. The van der Waals surface area contributed by atoms with Gasteiger partial charge < -0.3 is 78.9 Å². The van der Waals surface area contributed by atoms with Crippen LogP contribution in [0, 0.1) is 0 Å². The minimum atomic E-state index is -1.84. The molecule has 0 bridgehead atoms. The summed E-state index contributed by atoms with van der Waals surface area (Å²) in [6, 6.07) is 10.8. The van der Waals surface area contributed by atoms with Crippen molar-refractivity contribution in [3.8, 4) is 5.75 Å². The van der Waals surface area contributed by atoms with Gasteiger partial charge in [0.2, 0.25) is 47.3 Å². The van der Waals surface area contributed by atoms with Crippen LogP contribution in [-0.4, -0.2) is 165 Å². The number of phenols is 1. The second kappa shape index (κ2) is 28.2.